The number of anilines is 1. The van der Waals surface area contributed by atoms with E-state index in [9.17, 15) is 4.79 Å². The molecule has 128 valence electrons. The molecule has 0 aromatic carbocycles. The lowest BCUT2D eigenvalue weighted by atomic mass is 9.96. The van der Waals surface area contributed by atoms with Gasteiger partial charge >= 0.3 is 0 Å². The Kier molecular flexibility index (Phi) is 7.36. The highest BCUT2D eigenvalue weighted by Gasteiger charge is 2.16. The Hall–Kier alpha value is -1.08. The van der Waals surface area contributed by atoms with Crippen molar-refractivity contribution in [2.45, 2.75) is 56.3 Å². The molecule has 1 aromatic heterocycles. The van der Waals surface area contributed by atoms with Gasteiger partial charge in [0.1, 0.15) is 0 Å². The molecule has 1 N–H and O–H groups in total. The monoisotopic (exact) mass is 354 g/mol. The number of thioether (sulfide) groups is 1. The zero-order chi connectivity index (χ0) is 16.7. The first-order valence-corrected chi connectivity index (χ1v) is 10.0. The van der Waals surface area contributed by atoms with Gasteiger partial charge in [-0.05, 0) is 26.7 Å². The molecule has 2 rings (SSSR count). The quantitative estimate of drug-likeness (QED) is 0.568. The summed E-state index contributed by atoms with van der Waals surface area (Å²) in [6.45, 7) is 9.13. The van der Waals surface area contributed by atoms with E-state index in [0.717, 1.165) is 15.0 Å². The highest BCUT2D eigenvalue weighted by molar-refractivity contribution is 8.01. The molecule has 0 radical (unpaired) electrons. The molecule has 0 spiro atoms. The average molecular weight is 355 g/mol. The lowest BCUT2D eigenvalue weighted by Gasteiger charge is -2.21. The van der Waals surface area contributed by atoms with Crippen molar-refractivity contribution in [2.75, 3.05) is 24.2 Å². The van der Waals surface area contributed by atoms with E-state index in [1.807, 2.05) is 18.7 Å². The van der Waals surface area contributed by atoms with Crippen molar-refractivity contribution in [3.63, 3.8) is 0 Å². The molecule has 1 aromatic rings. The second-order valence-corrected chi connectivity index (χ2v) is 8.21. The van der Waals surface area contributed by atoms with Crippen molar-refractivity contribution in [1.82, 2.24) is 15.1 Å². The van der Waals surface area contributed by atoms with Gasteiger partial charge in [-0.25, -0.2) is 0 Å². The van der Waals surface area contributed by atoms with Crippen LogP contribution in [0.5, 0.6) is 0 Å². The number of amides is 1. The fourth-order valence-corrected chi connectivity index (χ4v) is 4.40. The van der Waals surface area contributed by atoms with E-state index in [2.05, 4.69) is 22.1 Å². The van der Waals surface area contributed by atoms with Gasteiger partial charge in [0.15, 0.2) is 4.34 Å². The van der Waals surface area contributed by atoms with Crippen LogP contribution in [0.15, 0.2) is 16.5 Å². The zero-order valence-electron chi connectivity index (χ0n) is 14.0. The second kappa shape index (κ2) is 9.27. The van der Waals surface area contributed by atoms with E-state index < -0.39 is 0 Å². The molecule has 1 aliphatic rings. The van der Waals surface area contributed by atoms with Gasteiger partial charge in [-0.15, -0.1) is 10.2 Å². The highest BCUT2D eigenvalue weighted by Crippen LogP contribution is 2.28. The molecule has 0 bridgehead atoms. The second-order valence-electron chi connectivity index (χ2n) is 6.01. The van der Waals surface area contributed by atoms with Crippen LogP contribution in [0.25, 0.3) is 0 Å². The molecule has 7 heteroatoms. The summed E-state index contributed by atoms with van der Waals surface area (Å²) in [4.78, 5) is 14.0. The van der Waals surface area contributed by atoms with Gasteiger partial charge in [0, 0.05) is 19.1 Å². The number of rotatable bonds is 8. The number of nitrogens with one attached hydrogen (secondary N) is 1. The summed E-state index contributed by atoms with van der Waals surface area (Å²) in [7, 11) is 0. The first kappa shape index (κ1) is 18.3. The average Bonchev–Trinajstić information content (AvgIpc) is 2.98. The van der Waals surface area contributed by atoms with E-state index in [0.29, 0.717) is 24.9 Å². The van der Waals surface area contributed by atoms with Crippen molar-refractivity contribution in [3.05, 3.63) is 12.2 Å². The van der Waals surface area contributed by atoms with Crippen LogP contribution in [0, 0.1) is 0 Å². The number of carbonyl (C=O) groups is 1. The van der Waals surface area contributed by atoms with Gasteiger partial charge in [0.25, 0.3) is 0 Å². The van der Waals surface area contributed by atoms with Crippen LogP contribution in [0.3, 0.4) is 0 Å². The maximum atomic E-state index is 12.2. The lowest BCUT2D eigenvalue weighted by Crippen LogP contribution is -2.33. The smallest absolute Gasteiger partial charge is 0.233 e. The Balaban J connectivity index is 1.79. The summed E-state index contributed by atoms with van der Waals surface area (Å²) in [5.74, 6) is 0.525. The number of aromatic nitrogens is 2. The summed E-state index contributed by atoms with van der Waals surface area (Å²) < 4.78 is 0.850. The van der Waals surface area contributed by atoms with E-state index in [4.69, 9.17) is 0 Å². The minimum absolute atomic E-state index is 0.123. The Labute approximate surface area is 146 Å². The lowest BCUT2D eigenvalue weighted by molar-refractivity contribution is -0.127. The number of likely N-dealkylation sites (N-methyl/N-ethyl adjacent to an activating group) is 1. The topological polar surface area (TPSA) is 58.1 Å². The minimum Gasteiger partial charge on any atom is -0.357 e. The molecule has 1 saturated carbocycles. The van der Waals surface area contributed by atoms with E-state index >= 15 is 0 Å². The van der Waals surface area contributed by atoms with Crippen LogP contribution in [-0.4, -0.2) is 45.9 Å². The van der Waals surface area contributed by atoms with Crippen LogP contribution in [0.1, 0.15) is 46.0 Å². The van der Waals surface area contributed by atoms with E-state index in [1.165, 1.54) is 43.9 Å². The fourth-order valence-electron chi connectivity index (χ4n) is 2.66. The standard InChI is InChI=1S/C16H26N4OS2/c1-4-20(10-12(2)3)14(21)11-22-16-19-18-15(23-16)17-13-8-6-5-7-9-13/h13H,2,4-11H2,1,3H3,(H,17,18). The molecule has 23 heavy (non-hydrogen) atoms. The van der Waals surface area contributed by atoms with Gasteiger partial charge in [0.2, 0.25) is 11.0 Å². The number of carbonyl (C=O) groups excluding carboxylic acids is 1. The summed E-state index contributed by atoms with van der Waals surface area (Å²) in [5.41, 5.74) is 1.00. The van der Waals surface area contributed by atoms with Crippen molar-refractivity contribution in [3.8, 4) is 0 Å². The van der Waals surface area contributed by atoms with Crippen LogP contribution >= 0.6 is 23.1 Å². The van der Waals surface area contributed by atoms with Gasteiger partial charge in [-0.2, -0.15) is 0 Å². The van der Waals surface area contributed by atoms with Gasteiger partial charge in [-0.3, -0.25) is 4.79 Å². The minimum atomic E-state index is 0.123. The number of hydrogen-bond acceptors (Lipinski definition) is 6. The van der Waals surface area contributed by atoms with Crippen LogP contribution in [0.2, 0.25) is 0 Å². The molecule has 1 aliphatic carbocycles. The van der Waals surface area contributed by atoms with Crippen molar-refractivity contribution < 1.29 is 4.79 Å². The summed E-state index contributed by atoms with van der Waals surface area (Å²) in [5, 5.41) is 12.7. The van der Waals surface area contributed by atoms with Gasteiger partial charge in [-0.1, -0.05) is 54.5 Å². The highest BCUT2D eigenvalue weighted by atomic mass is 32.2. The van der Waals surface area contributed by atoms with E-state index in [1.54, 1.807) is 11.3 Å². The maximum Gasteiger partial charge on any atom is 0.233 e. The largest absolute Gasteiger partial charge is 0.357 e. The van der Waals surface area contributed by atoms with Gasteiger partial charge < -0.3 is 10.2 Å². The Morgan fingerprint density at radius 2 is 2.13 bits per heavy atom. The molecular formula is C16H26N4OS2. The predicted octanol–water partition coefficient (Wildman–Crippen LogP) is 3.80. The van der Waals surface area contributed by atoms with Crippen molar-refractivity contribution >= 4 is 34.1 Å². The van der Waals surface area contributed by atoms with Crippen molar-refractivity contribution in [2.24, 2.45) is 0 Å². The molecule has 0 unspecified atom stereocenters. The molecule has 1 heterocycles. The van der Waals surface area contributed by atoms with Crippen LogP contribution < -0.4 is 5.32 Å². The fraction of sp³-hybridized carbons (Fsp3) is 0.688. The molecular weight excluding hydrogens is 328 g/mol. The normalized spacial score (nSPS) is 15.4. The summed E-state index contributed by atoms with van der Waals surface area (Å²) in [6, 6.07) is 0.530. The SMILES string of the molecule is C=C(C)CN(CC)C(=O)CSc1nnc(NC2CCCCC2)s1. The molecule has 0 saturated heterocycles. The first-order valence-electron chi connectivity index (χ1n) is 8.23. The Bertz CT molecular complexity index is 526. The molecule has 0 atom stereocenters. The summed E-state index contributed by atoms with van der Waals surface area (Å²) in [6.07, 6.45) is 6.36. The predicted molar refractivity (Wildman–Crippen MR) is 98.2 cm³/mol. The first-order chi connectivity index (χ1) is 11.1. The molecule has 1 fully saturated rings. The Morgan fingerprint density at radius 1 is 1.39 bits per heavy atom. The van der Waals surface area contributed by atoms with Crippen LogP contribution in [-0.2, 0) is 4.79 Å². The van der Waals surface area contributed by atoms with Gasteiger partial charge in [0.05, 0.1) is 5.75 Å². The number of nitrogens with zero attached hydrogens (tertiary/aromatic N) is 3. The van der Waals surface area contributed by atoms with Crippen molar-refractivity contribution in [1.29, 1.82) is 0 Å². The molecule has 1 amide bonds. The maximum absolute atomic E-state index is 12.2. The zero-order valence-corrected chi connectivity index (χ0v) is 15.6. The van der Waals surface area contributed by atoms with Crippen LogP contribution in [0.4, 0.5) is 5.13 Å². The molecule has 0 aliphatic heterocycles. The third kappa shape index (κ3) is 6.14. The number of hydrogen-bond donors (Lipinski definition) is 1. The Morgan fingerprint density at radius 3 is 2.78 bits per heavy atom. The third-order valence-corrected chi connectivity index (χ3v) is 5.83. The van der Waals surface area contributed by atoms with E-state index in [-0.39, 0.29) is 5.91 Å². The third-order valence-electron chi connectivity index (χ3n) is 3.85. The summed E-state index contributed by atoms with van der Waals surface area (Å²) >= 11 is 3.01. The molecule has 5 nitrogen and oxygen atoms in total.